The van der Waals surface area contributed by atoms with Gasteiger partial charge in [-0.15, -0.1) is 0 Å². The number of halogens is 1. The first-order chi connectivity index (χ1) is 12.9. The van der Waals surface area contributed by atoms with Crippen molar-refractivity contribution in [2.24, 2.45) is 0 Å². The molecule has 0 saturated carbocycles. The topological polar surface area (TPSA) is 55.2 Å². The fourth-order valence-corrected chi connectivity index (χ4v) is 3.27. The van der Waals surface area contributed by atoms with Gasteiger partial charge in [-0.25, -0.2) is 4.68 Å². The predicted molar refractivity (Wildman–Crippen MR) is 108 cm³/mol. The molecule has 6 heteroatoms. The molecule has 0 radical (unpaired) electrons. The number of likely N-dealkylation sites (N-methyl/N-ethyl adjacent to an activating group) is 1. The Balaban J connectivity index is 1.83. The van der Waals surface area contributed by atoms with Crippen LogP contribution in [0, 0.1) is 13.8 Å². The van der Waals surface area contributed by atoms with Crippen LogP contribution >= 0.6 is 15.9 Å². The molecule has 0 aliphatic rings. The molecule has 0 spiro atoms. The Labute approximate surface area is 166 Å². The van der Waals surface area contributed by atoms with Crippen molar-refractivity contribution in [3.05, 3.63) is 81.6 Å². The third-order valence-electron chi connectivity index (χ3n) is 4.39. The first kappa shape index (κ1) is 19.0. The summed E-state index contributed by atoms with van der Waals surface area (Å²) in [6.45, 7) is 3.92. The van der Waals surface area contributed by atoms with Gasteiger partial charge < -0.3 is 4.90 Å². The SMILES string of the molecule is Cc1nn(-c2ccccc2)c(C)c1C(=O)C(=O)N(C)Cc1ccc(Br)cc1. The summed E-state index contributed by atoms with van der Waals surface area (Å²) in [5.74, 6) is -1.08. The molecule has 1 amide bonds. The van der Waals surface area contributed by atoms with Crippen molar-refractivity contribution in [2.75, 3.05) is 7.05 Å². The van der Waals surface area contributed by atoms with E-state index in [1.165, 1.54) is 4.90 Å². The number of benzene rings is 2. The minimum absolute atomic E-state index is 0.364. The smallest absolute Gasteiger partial charge is 0.295 e. The zero-order chi connectivity index (χ0) is 19.6. The van der Waals surface area contributed by atoms with Crippen molar-refractivity contribution in [2.45, 2.75) is 20.4 Å². The summed E-state index contributed by atoms with van der Waals surface area (Å²) < 4.78 is 2.67. The number of carbonyl (C=O) groups excluding carboxylic acids is 2. The number of aromatic nitrogens is 2. The lowest BCUT2D eigenvalue weighted by Crippen LogP contribution is -2.33. The molecule has 0 atom stereocenters. The van der Waals surface area contributed by atoms with Crippen molar-refractivity contribution in [1.29, 1.82) is 0 Å². The molecule has 27 heavy (non-hydrogen) atoms. The Morgan fingerprint density at radius 2 is 1.67 bits per heavy atom. The maximum Gasteiger partial charge on any atom is 0.295 e. The number of para-hydroxylation sites is 1. The molecule has 1 aromatic heterocycles. The van der Waals surface area contributed by atoms with Crippen LogP contribution in [-0.2, 0) is 11.3 Å². The minimum atomic E-state index is -0.545. The molecule has 0 unspecified atom stereocenters. The molecule has 0 saturated heterocycles. The largest absolute Gasteiger partial charge is 0.335 e. The van der Waals surface area contributed by atoms with Gasteiger partial charge in [0.1, 0.15) is 0 Å². The van der Waals surface area contributed by atoms with Gasteiger partial charge in [0.25, 0.3) is 11.7 Å². The maximum atomic E-state index is 12.9. The normalized spacial score (nSPS) is 10.7. The summed E-state index contributed by atoms with van der Waals surface area (Å²) in [7, 11) is 1.63. The van der Waals surface area contributed by atoms with E-state index in [0.717, 1.165) is 15.7 Å². The van der Waals surface area contributed by atoms with Gasteiger partial charge >= 0.3 is 0 Å². The molecular weight excluding hydrogens is 406 g/mol. The van der Waals surface area contributed by atoms with E-state index in [4.69, 9.17) is 0 Å². The fourth-order valence-electron chi connectivity index (χ4n) is 3.01. The van der Waals surface area contributed by atoms with Crippen LogP contribution < -0.4 is 0 Å². The van der Waals surface area contributed by atoms with Crippen LogP contribution in [0.5, 0.6) is 0 Å². The van der Waals surface area contributed by atoms with Gasteiger partial charge in [-0.1, -0.05) is 46.3 Å². The average molecular weight is 426 g/mol. The minimum Gasteiger partial charge on any atom is -0.335 e. The summed E-state index contributed by atoms with van der Waals surface area (Å²) in [6, 6.07) is 17.2. The second-order valence-electron chi connectivity index (χ2n) is 6.41. The van der Waals surface area contributed by atoms with E-state index in [2.05, 4.69) is 21.0 Å². The third kappa shape index (κ3) is 4.01. The van der Waals surface area contributed by atoms with E-state index >= 15 is 0 Å². The van der Waals surface area contributed by atoms with E-state index in [1.54, 1.807) is 18.7 Å². The van der Waals surface area contributed by atoms with E-state index < -0.39 is 11.7 Å². The molecule has 0 aliphatic carbocycles. The number of rotatable bonds is 5. The molecule has 138 valence electrons. The summed E-state index contributed by atoms with van der Waals surface area (Å²) >= 11 is 3.39. The molecule has 1 heterocycles. The molecule has 0 aliphatic heterocycles. The number of Topliss-reactive ketones (excluding diaryl/α,β-unsaturated/α-hetero) is 1. The monoisotopic (exact) mass is 425 g/mol. The molecule has 2 aromatic carbocycles. The summed E-state index contributed by atoms with van der Waals surface area (Å²) in [5, 5.41) is 4.46. The molecule has 5 nitrogen and oxygen atoms in total. The number of ketones is 1. The summed E-state index contributed by atoms with van der Waals surface area (Å²) in [6.07, 6.45) is 0. The Bertz CT molecular complexity index is 979. The lowest BCUT2D eigenvalue weighted by molar-refractivity contribution is -0.125. The number of nitrogens with zero attached hydrogens (tertiary/aromatic N) is 3. The summed E-state index contributed by atoms with van der Waals surface area (Å²) in [4.78, 5) is 27.0. The molecule has 3 aromatic rings. The number of amides is 1. The van der Waals surface area contributed by atoms with Gasteiger partial charge in [-0.2, -0.15) is 5.10 Å². The zero-order valence-corrected chi connectivity index (χ0v) is 17.0. The molecule has 0 bridgehead atoms. The highest BCUT2D eigenvalue weighted by Gasteiger charge is 2.27. The first-order valence-corrected chi connectivity index (χ1v) is 9.33. The van der Waals surface area contributed by atoms with E-state index in [0.29, 0.717) is 23.5 Å². The first-order valence-electron chi connectivity index (χ1n) is 8.54. The van der Waals surface area contributed by atoms with Gasteiger partial charge in [0.15, 0.2) is 0 Å². The highest BCUT2D eigenvalue weighted by Crippen LogP contribution is 2.19. The van der Waals surface area contributed by atoms with Crippen molar-refractivity contribution in [1.82, 2.24) is 14.7 Å². The van der Waals surface area contributed by atoms with Crippen molar-refractivity contribution >= 4 is 27.6 Å². The highest BCUT2D eigenvalue weighted by molar-refractivity contribution is 9.10. The highest BCUT2D eigenvalue weighted by atomic mass is 79.9. The van der Waals surface area contributed by atoms with Crippen LogP contribution in [0.25, 0.3) is 5.69 Å². The predicted octanol–water partition coefficient (Wildman–Crippen LogP) is 4.09. The lowest BCUT2D eigenvalue weighted by Gasteiger charge is -2.16. The number of hydrogen-bond acceptors (Lipinski definition) is 3. The van der Waals surface area contributed by atoms with Crippen molar-refractivity contribution in [3.8, 4) is 5.69 Å². The van der Waals surface area contributed by atoms with Gasteiger partial charge in [-0.3, -0.25) is 9.59 Å². The Hall–Kier alpha value is -2.73. The second kappa shape index (κ2) is 7.88. The van der Waals surface area contributed by atoms with Crippen LogP contribution in [0.3, 0.4) is 0 Å². The molecular formula is C21H20BrN3O2. The Morgan fingerprint density at radius 1 is 1.04 bits per heavy atom. The van der Waals surface area contributed by atoms with E-state index in [1.807, 2.05) is 61.5 Å². The standard InChI is InChI=1S/C21H20BrN3O2/c1-14-19(15(2)25(23-14)18-7-5-4-6-8-18)20(26)21(27)24(3)13-16-9-11-17(22)12-10-16/h4-12H,13H2,1-3H3. The Morgan fingerprint density at radius 3 is 2.30 bits per heavy atom. The van der Waals surface area contributed by atoms with Crippen LogP contribution in [0.4, 0.5) is 0 Å². The van der Waals surface area contributed by atoms with Gasteiger partial charge in [0.2, 0.25) is 0 Å². The lowest BCUT2D eigenvalue weighted by atomic mass is 10.1. The van der Waals surface area contributed by atoms with Crippen LogP contribution in [0.15, 0.2) is 59.1 Å². The third-order valence-corrected chi connectivity index (χ3v) is 4.92. The Kier molecular flexibility index (Phi) is 5.56. The second-order valence-corrected chi connectivity index (χ2v) is 7.33. The molecule has 3 rings (SSSR count). The van der Waals surface area contributed by atoms with Crippen molar-refractivity contribution < 1.29 is 9.59 Å². The van der Waals surface area contributed by atoms with Crippen LogP contribution in [-0.4, -0.2) is 33.4 Å². The van der Waals surface area contributed by atoms with E-state index in [9.17, 15) is 9.59 Å². The quantitative estimate of drug-likeness (QED) is 0.456. The number of aryl methyl sites for hydroxylation is 1. The van der Waals surface area contributed by atoms with E-state index in [-0.39, 0.29) is 0 Å². The van der Waals surface area contributed by atoms with Crippen LogP contribution in [0.2, 0.25) is 0 Å². The zero-order valence-electron chi connectivity index (χ0n) is 15.4. The average Bonchev–Trinajstić information content (AvgIpc) is 2.97. The number of carbonyl (C=O) groups is 2. The van der Waals surface area contributed by atoms with Gasteiger partial charge in [0, 0.05) is 18.1 Å². The molecule has 0 N–H and O–H groups in total. The summed E-state index contributed by atoms with van der Waals surface area (Å²) in [5.41, 5.74) is 3.38. The van der Waals surface area contributed by atoms with Gasteiger partial charge in [-0.05, 0) is 43.7 Å². The van der Waals surface area contributed by atoms with Crippen molar-refractivity contribution in [3.63, 3.8) is 0 Å². The molecule has 0 fully saturated rings. The fraction of sp³-hybridized carbons (Fsp3) is 0.190. The maximum absolute atomic E-state index is 12.9. The van der Waals surface area contributed by atoms with Crippen LogP contribution in [0.1, 0.15) is 27.3 Å². The number of hydrogen-bond donors (Lipinski definition) is 0. The van der Waals surface area contributed by atoms with Gasteiger partial charge in [0.05, 0.1) is 22.6 Å².